The van der Waals surface area contributed by atoms with Gasteiger partial charge in [0.25, 0.3) is 0 Å². The van der Waals surface area contributed by atoms with Crippen molar-refractivity contribution in [3.05, 3.63) is 0 Å². The van der Waals surface area contributed by atoms with Gasteiger partial charge in [-0.25, -0.2) is 9.79 Å². The Balaban J connectivity index is 0. The Bertz CT molecular complexity index is 270. The maximum absolute atomic E-state index is 9.27. The van der Waals surface area contributed by atoms with Gasteiger partial charge in [0, 0.05) is 13.2 Å². The standard InChI is InChI=1S/C20H42O.C4H7NO/c1-3-5-7-9-11-13-15-17-19-21-20-18-16-14-12-10-8-6-4-2;1-2-3-5-4-6/h3-20H2,1-2H3;2-3H2,1H3. The predicted molar refractivity (Wildman–Crippen MR) is 119 cm³/mol. The van der Waals surface area contributed by atoms with Gasteiger partial charge in [-0.2, -0.15) is 0 Å². The molecule has 162 valence electrons. The fourth-order valence-corrected chi connectivity index (χ4v) is 2.94. The molecule has 0 aliphatic carbocycles. The van der Waals surface area contributed by atoms with Crippen LogP contribution in [0.1, 0.15) is 130 Å². The van der Waals surface area contributed by atoms with Crippen molar-refractivity contribution in [1.29, 1.82) is 0 Å². The second kappa shape index (κ2) is 30.1. The van der Waals surface area contributed by atoms with Gasteiger partial charge in [0.15, 0.2) is 0 Å². The zero-order valence-electron chi connectivity index (χ0n) is 18.9. The number of rotatable bonds is 20. The Hall–Kier alpha value is -0.660. The largest absolute Gasteiger partial charge is 0.381 e. The van der Waals surface area contributed by atoms with Gasteiger partial charge in [-0.05, 0) is 19.3 Å². The molecule has 0 atom stereocenters. The molecule has 0 saturated heterocycles. The van der Waals surface area contributed by atoms with E-state index in [1.807, 2.05) is 6.92 Å². The molecule has 0 aromatic carbocycles. The molecule has 0 aromatic rings. The first kappa shape index (κ1) is 28.5. The third-order valence-electron chi connectivity index (χ3n) is 4.68. The van der Waals surface area contributed by atoms with E-state index < -0.39 is 0 Å². The number of unbranched alkanes of at least 4 members (excludes halogenated alkanes) is 14. The van der Waals surface area contributed by atoms with Crippen molar-refractivity contribution in [2.75, 3.05) is 19.8 Å². The third kappa shape index (κ3) is 33.4. The van der Waals surface area contributed by atoms with Crippen molar-refractivity contribution in [2.45, 2.75) is 130 Å². The minimum atomic E-state index is 0.615. The summed E-state index contributed by atoms with van der Waals surface area (Å²) in [6.07, 6.45) is 24.6. The first-order valence-electron chi connectivity index (χ1n) is 11.9. The van der Waals surface area contributed by atoms with Crippen LogP contribution in [0.2, 0.25) is 0 Å². The van der Waals surface area contributed by atoms with Gasteiger partial charge in [-0.3, -0.25) is 0 Å². The average Bonchev–Trinajstić information content (AvgIpc) is 2.69. The fourth-order valence-electron chi connectivity index (χ4n) is 2.94. The van der Waals surface area contributed by atoms with E-state index in [2.05, 4.69) is 18.8 Å². The summed E-state index contributed by atoms with van der Waals surface area (Å²) < 4.78 is 5.72. The van der Waals surface area contributed by atoms with Gasteiger partial charge in [-0.1, -0.05) is 111 Å². The monoisotopic (exact) mass is 383 g/mol. The Kier molecular flexibility index (Phi) is 31.8. The SMILES string of the molecule is CCCCCCCCCCOCCCCCCCCCC.CCCN=C=O. The number of hydrogen-bond donors (Lipinski definition) is 0. The molecule has 0 aliphatic heterocycles. The molecular formula is C24H49NO2. The zero-order valence-corrected chi connectivity index (χ0v) is 18.9. The van der Waals surface area contributed by atoms with Gasteiger partial charge in [0.2, 0.25) is 6.08 Å². The number of aliphatic imine (C=N–C) groups is 1. The van der Waals surface area contributed by atoms with E-state index in [0.29, 0.717) is 6.54 Å². The van der Waals surface area contributed by atoms with Crippen LogP contribution in [0, 0.1) is 0 Å². The maximum atomic E-state index is 9.27. The molecule has 0 spiro atoms. The smallest absolute Gasteiger partial charge is 0.234 e. The number of carbonyl (C=O) groups excluding carboxylic acids is 1. The lowest BCUT2D eigenvalue weighted by Gasteiger charge is -2.05. The zero-order chi connectivity index (χ0) is 20.3. The van der Waals surface area contributed by atoms with Crippen LogP contribution >= 0.6 is 0 Å². The lowest BCUT2D eigenvalue weighted by Crippen LogP contribution is -1.97. The summed E-state index contributed by atoms with van der Waals surface area (Å²) in [4.78, 5) is 12.6. The molecule has 0 aliphatic rings. The number of ether oxygens (including phenoxy) is 1. The van der Waals surface area contributed by atoms with E-state index in [-0.39, 0.29) is 0 Å². The van der Waals surface area contributed by atoms with E-state index in [0.717, 1.165) is 19.6 Å². The quantitative estimate of drug-likeness (QED) is 0.121. The highest BCUT2D eigenvalue weighted by atomic mass is 16.5. The Morgan fingerprint density at radius 1 is 0.556 bits per heavy atom. The summed E-state index contributed by atoms with van der Waals surface area (Å²) >= 11 is 0. The summed E-state index contributed by atoms with van der Waals surface area (Å²) in [5, 5.41) is 0. The fraction of sp³-hybridized carbons (Fsp3) is 0.958. The first-order valence-corrected chi connectivity index (χ1v) is 11.9. The third-order valence-corrected chi connectivity index (χ3v) is 4.68. The van der Waals surface area contributed by atoms with E-state index in [4.69, 9.17) is 4.74 Å². The lowest BCUT2D eigenvalue weighted by atomic mass is 10.1. The van der Waals surface area contributed by atoms with Crippen LogP contribution in [-0.2, 0) is 9.53 Å². The van der Waals surface area contributed by atoms with Crippen LogP contribution in [0.25, 0.3) is 0 Å². The molecular weight excluding hydrogens is 334 g/mol. The van der Waals surface area contributed by atoms with Gasteiger partial charge in [-0.15, -0.1) is 0 Å². The number of isocyanates is 1. The molecule has 0 fully saturated rings. The Labute approximate surface area is 170 Å². The summed E-state index contributed by atoms with van der Waals surface area (Å²) in [6.45, 7) is 9.12. The molecule has 3 heteroatoms. The molecule has 0 unspecified atom stereocenters. The van der Waals surface area contributed by atoms with Crippen LogP contribution in [0.3, 0.4) is 0 Å². The Morgan fingerprint density at radius 2 is 0.926 bits per heavy atom. The second-order valence-corrected chi connectivity index (χ2v) is 7.54. The summed E-state index contributed by atoms with van der Waals surface area (Å²) in [5.41, 5.74) is 0. The molecule has 0 rings (SSSR count). The summed E-state index contributed by atoms with van der Waals surface area (Å²) in [5.74, 6) is 0. The summed E-state index contributed by atoms with van der Waals surface area (Å²) in [7, 11) is 0. The van der Waals surface area contributed by atoms with Gasteiger partial charge >= 0.3 is 0 Å². The number of hydrogen-bond acceptors (Lipinski definition) is 3. The predicted octanol–water partition coefficient (Wildman–Crippen LogP) is 8.02. The minimum Gasteiger partial charge on any atom is -0.381 e. The number of nitrogens with zero attached hydrogens (tertiary/aromatic N) is 1. The maximum Gasteiger partial charge on any atom is 0.234 e. The van der Waals surface area contributed by atoms with Crippen LogP contribution in [0.15, 0.2) is 4.99 Å². The van der Waals surface area contributed by atoms with Crippen molar-refractivity contribution >= 4 is 6.08 Å². The molecule has 0 bridgehead atoms. The minimum absolute atomic E-state index is 0.615. The van der Waals surface area contributed by atoms with Crippen molar-refractivity contribution in [1.82, 2.24) is 0 Å². The van der Waals surface area contributed by atoms with Gasteiger partial charge < -0.3 is 4.74 Å². The van der Waals surface area contributed by atoms with Crippen molar-refractivity contribution in [3.63, 3.8) is 0 Å². The van der Waals surface area contributed by atoms with Crippen LogP contribution in [0.4, 0.5) is 0 Å². The molecule has 0 amide bonds. The van der Waals surface area contributed by atoms with E-state index in [9.17, 15) is 4.79 Å². The second-order valence-electron chi connectivity index (χ2n) is 7.54. The normalized spacial score (nSPS) is 10.2. The van der Waals surface area contributed by atoms with E-state index in [1.54, 1.807) is 0 Å². The molecule has 0 radical (unpaired) electrons. The van der Waals surface area contributed by atoms with Gasteiger partial charge in [0.05, 0.1) is 6.54 Å². The van der Waals surface area contributed by atoms with Crippen LogP contribution in [0.5, 0.6) is 0 Å². The van der Waals surface area contributed by atoms with Crippen LogP contribution < -0.4 is 0 Å². The van der Waals surface area contributed by atoms with Crippen molar-refractivity contribution in [3.8, 4) is 0 Å². The highest BCUT2D eigenvalue weighted by molar-refractivity contribution is 5.32. The molecule has 0 saturated carbocycles. The average molecular weight is 384 g/mol. The van der Waals surface area contributed by atoms with Crippen molar-refractivity contribution < 1.29 is 9.53 Å². The topological polar surface area (TPSA) is 38.7 Å². The van der Waals surface area contributed by atoms with Crippen LogP contribution in [-0.4, -0.2) is 25.8 Å². The highest BCUT2D eigenvalue weighted by Crippen LogP contribution is 2.10. The van der Waals surface area contributed by atoms with Gasteiger partial charge in [0.1, 0.15) is 0 Å². The van der Waals surface area contributed by atoms with Crippen molar-refractivity contribution in [2.24, 2.45) is 4.99 Å². The van der Waals surface area contributed by atoms with E-state index in [1.165, 1.54) is 109 Å². The molecule has 0 N–H and O–H groups in total. The van der Waals surface area contributed by atoms with E-state index >= 15 is 0 Å². The Morgan fingerprint density at radius 3 is 1.22 bits per heavy atom. The first-order chi connectivity index (χ1) is 13.3. The molecule has 0 aromatic heterocycles. The molecule has 3 nitrogen and oxygen atoms in total. The summed E-state index contributed by atoms with van der Waals surface area (Å²) in [6, 6.07) is 0. The lowest BCUT2D eigenvalue weighted by molar-refractivity contribution is 0.125. The molecule has 27 heavy (non-hydrogen) atoms. The highest BCUT2D eigenvalue weighted by Gasteiger charge is 1.94. The molecule has 0 heterocycles.